The Morgan fingerprint density at radius 3 is 2.28 bits per heavy atom. The van der Waals surface area contributed by atoms with Gasteiger partial charge in [0.15, 0.2) is 0 Å². The molecule has 4 heteroatoms. The van der Waals surface area contributed by atoms with Crippen molar-refractivity contribution in [2.45, 2.75) is 45.6 Å². The molecule has 0 saturated carbocycles. The first-order valence-electron chi connectivity index (χ1n) is 8.55. The van der Waals surface area contributed by atoms with Crippen molar-refractivity contribution in [1.82, 2.24) is 5.32 Å². The number of carbonyl (C=O) groups excluding carboxylic acids is 1. The maximum Gasteiger partial charge on any atom is 0.335 e. The number of hydrogen-bond acceptors (Lipinski definition) is 2. The molecule has 0 aliphatic heterocycles. The topological polar surface area (TPSA) is 66.4 Å². The Hall–Kier alpha value is -2.62. The third-order valence-electron chi connectivity index (χ3n) is 4.40. The minimum atomic E-state index is -0.965. The van der Waals surface area contributed by atoms with E-state index in [0.717, 1.165) is 12.0 Å². The molecule has 4 nitrogen and oxygen atoms in total. The summed E-state index contributed by atoms with van der Waals surface area (Å²) >= 11 is 0. The Morgan fingerprint density at radius 2 is 1.68 bits per heavy atom. The molecule has 0 atom stereocenters. The van der Waals surface area contributed by atoms with Crippen LogP contribution in [-0.2, 0) is 23.2 Å². The highest BCUT2D eigenvalue weighted by atomic mass is 16.4. The second kappa shape index (κ2) is 7.97. The fourth-order valence-electron chi connectivity index (χ4n) is 2.84. The van der Waals surface area contributed by atoms with E-state index >= 15 is 0 Å². The van der Waals surface area contributed by atoms with Crippen molar-refractivity contribution in [1.29, 1.82) is 0 Å². The minimum Gasteiger partial charge on any atom is -0.478 e. The lowest BCUT2D eigenvalue weighted by atomic mass is 9.92. The third kappa shape index (κ3) is 4.92. The summed E-state index contributed by atoms with van der Waals surface area (Å²) < 4.78 is 0. The van der Waals surface area contributed by atoms with E-state index in [4.69, 9.17) is 0 Å². The Morgan fingerprint density at radius 1 is 1.04 bits per heavy atom. The smallest absolute Gasteiger partial charge is 0.335 e. The SMILES string of the molecule is CCc1ccc(C(C)(C)NC(=O)CCc2ccccc2C(=O)O)cc1. The van der Waals surface area contributed by atoms with Crippen molar-refractivity contribution in [2.75, 3.05) is 0 Å². The number of nitrogens with one attached hydrogen (secondary N) is 1. The van der Waals surface area contributed by atoms with Gasteiger partial charge in [-0.1, -0.05) is 49.4 Å². The van der Waals surface area contributed by atoms with Gasteiger partial charge in [0.25, 0.3) is 0 Å². The number of rotatable bonds is 7. The van der Waals surface area contributed by atoms with E-state index in [-0.39, 0.29) is 17.9 Å². The standard InChI is InChI=1S/C21H25NO3/c1-4-15-9-12-17(13-10-15)21(2,3)22-19(23)14-11-16-7-5-6-8-18(16)20(24)25/h5-10,12-13H,4,11,14H2,1-3H3,(H,22,23)(H,24,25). The molecule has 0 aliphatic carbocycles. The van der Waals surface area contributed by atoms with Crippen LogP contribution in [0.5, 0.6) is 0 Å². The average molecular weight is 339 g/mol. The van der Waals surface area contributed by atoms with Gasteiger partial charge < -0.3 is 10.4 Å². The van der Waals surface area contributed by atoms with Crippen LogP contribution < -0.4 is 5.32 Å². The minimum absolute atomic E-state index is 0.0928. The molecule has 0 aromatic heterocycles. The first kappa shape index (κ1) is 18.7. The number of carboxylic acids is 1. The Balaban J connectivity index is 2.00. The number of aromatic carboxylic acids is 1. The molecule has 0 spiro atoms. The zero-order valence-electron chi connectivity index (χ0n) is 15.0. The van der Waals surface area contributed by atoms with Gasteiger partial charge in [-0.05, 0) is 49.4 Å². The van der Waals surface area contributed by atoms with E-state index in [1.165, 1.54) is 5.56 Å². The normalized spacial score (nSPS) is 11.2. The number of carbonyl (C=O) groups is 2. The highest BCUT2D eigenvalue weighted by molar-refractivity contribution is 5.89. The van der Waals surface area contributed by atoms with Crippen LogP contribution in [0.1, 0.15) is 54.2 Å². The number of amides is 1. The fourth-order valence-corrected chi connectivity index (χ4v) is 2.84. The summed E-state index contributed by atoms with van der Waals surface area (Å²) in [6, 6.07) is 15.0. The molecule has 2 aromatic carbocycles. The molecular formula is C21H25NO3. The van der Waals surface area contributed by atoms with Crippen molar-refractivity contribution in [3.8, 4) is 0 Å². The van der Waals surface area contributed by atoms with Crippen molar-refractivity contribution in [3.05, 3.63) is 70.8 Å². The summed E-state index contributed by atoms with van der Waals surface area (Å²) in [7, 11) is 0. The van der Waals surface area contributed by atoms with Crippen LogP contribution in [0, 0.1) is 0 Å². The lowest BCUT2D eigenvalue weighted by Gasteiger charge is -2.27. The second-order valence-electron chi connectivity index (χ2n) is 6.69. The second-order valence-corrected chi connectivity index (χ2v) is 6.69. The zero-order chi connectivity index (χ0) is 18.4. The van der Waals surface area contributed by atoms with Crippen LogP contribution in [0.2, 0.25) is 0 Å². The van der Waals surface area contributed by atoms with Crippen molar-refractivity contribution in [2.24, 2.45) is 0 Å². The molecule has 0 fully saturated rings. The zero-order valence-corrected chi connectivity index (χ0v) is 15.0. The largest absolute Gasteiger partial charge is 0.478 e. The number of aryl methyl sites for hydroxylation is 2. The molecule has 2 N–H and O–H groups in total. The van der Waals surface area contributed by atoms with E-state index in [0.29, 0.717) is 12.0 Å². The highest BCUT2D eigenvalue weighted by Gasteiger charge is 2.22. The molecule has 25 heavy (non-hydrogen) atoms. The van der Waals surface area contributed by atoms with E-state index in [2.05, 4.69) is 24.4 Å². The maximum atomic E-state index is 12.4. The first-order valence-corrected chi connectivity index (χ1v) is 8.55. The molecule has 132 valence electrons. The monoisotopic (exact) mass is 339 g/mol. The number of hydrogen-bond donors (Lipinski definition) is 2. The fraction of sp³-hybridized carbons (Fsp3) is 0.333. The molecular weight excluding hydrogens is 314 g/mol. The van der Waals surface area contributed by atoms with E-state index < -0.39 is 11.5 Å². The average Bonchev–Trinajstić information content (AvgIpc) is 2.59. The van der Waals surface area contributed by atoms with Gasteiger partial charge in [-0.2, -0.15) is 0 Å². The predicted octanol–water partition coefficient (Wildman–Crippen LogP) is 3.93. The molecule has 0 aliphatic rings. The molecule has 0 saturated heterocycles. The molecule has 0 bridgehead atoms. The molecule has 0 unspecified atom stereocenters. The summed E-state index contributed by atoms with van der Waals surface area (Å²) in [5.41, 5.74) is 2.76. The Kier molecular flexibility index (Phi) is 5.97. The van der Waals surface area contributed by atoms with Crippen LogP contribution >= 0.6 is 0 Å². The van der Waals surface area contributed by atoms with Crippen LogP contribution in [0.25, 0.3) is 0 Å². The summed E-state index contributed by atoms with van der Waals surface area (Å²) in [6.07, 6.45) is 1.63. The number of benzene rings is 2. The summed E-state index contributed by atoms with van der Waals surface area (Å²) in [5.74, 6) is -1.06. The molecule has 0 heterocycles. The quantitative estimate of drug-likeness (QED) is 0.803. The van der Waals surface area contributed by atoms with Gasteiger partial charge in [-0.15, -0.1) is 0 Å². The van der Waals surface area contributed by atoms with Crippen molar-refractivity contribution in [3.63, 3.8) is 0 Å². The molecule has 2 rings (SSSR count). The van der Waals surface area contributed by atoms with Gasteiger partial charge in [-0.25, -0.2) is 4.79 Å². The number of carboxylic acid groups (broad SMARTS) is 1. The van der Waals surface area contributed by atoms with Gasteiger partial charge in [-0.3, -0.25) is 4.79 Å². The molecule has 0 radical (unpaired) electrons. The van der Waals surface area contributed by atoms with Gasteiger partial charge in [0.2, 0.25) is 5.91 Å². The Bertz CT molecular complexity index is 748. The molecule has 2 aromatic rings. The first-order chi connectivity index (χ1) is 11.8. The van der Waals surface area contributed by atoms with Gasteiger partial charge in [0, 0.05) is 6.42 Å². The maximum absolute atomic E-state index is 12.4. The van der Waals surface area contributed by atoms with Crippen LogP contribution in [0.3, 0.4) is 0 Å². The van der Waals surface area contributed by atoms with Crippen LogP contribution in [0.4, 0.5) is 0 Å². The summed E-state index contributed by atoms with van der Waals surface area (Å²) in [4.78, 5) is 23.6. The van der Waals surface area contributed by atoms with E-state index in [9.17, 15) is 14.7 Å². The van der Waals surface area contributed by atoms with Gasteiger partial charge in [0.05, 0.1) is 11.1 Å². The summed E-state index contributed by atoms with van der Waals surface area (Å²) in [5, 5.41) is 12.3. The van der Waals surface area contributed by atoms with Crippen LogP contribution in [-0.4, -0.2) is 17.0 Å². The Labute approximate surface area is 148 Å². The summed E-state index contributed by atoms with van der Waals surface area (Å²) in [6.45, 7) is 6.05. The van der Waals surface area contributed by atoms with Gasteiger partial charge >= 0.3 is 5.97 Å². The van der Waals surface area contributed by atoms with Gasteiger partial charge in [0.1, 0.15) is 0 Å². The van der Waals surface area contributed by atoms with Crippen molar-refractivity contribution < 1.29 is 14.7 Å². The highest BCUT2D eigenvalue weighted by Crippen LogP contribution is 2.21. The lowest BCUT2D eigenvalue weighted by Crippen LogP contribution is -2.41. The lowest BCUT2D eigenvalue weighted by molar-refractivity contribution is -0.122. The third-order valence-corrected chi connectivity index (χ3v) is 4.40. The van der Waals surface area contributed by atoms with E-state index in [1.54, 1.807) is 24.3 Å². The van der Waals surface area contributed by atoms with E-state index in [1.807, 2.05) is 26.0 Å². The predicted molar refractivity (Wildman–Crippen MR) is 98.7 cm³/mol. The molecule has 1 amide bonds. The van der Waals surface area contributed by atoms with Crippen molar-refractivity contribution >= 4 is 11.9 Å². The van der Waals surface area contributed by atoms with Crippen LogP contribution in [0.15, 0.2) is 48.5 Å².